The number of hydrogen-bond acceptors (Lipinski definition) is 4. The van der Waals surface area contributed by atoms with Crippen molar-refractivity contribution in [2.45, 2.75) is 0 Å². The molecule has 0 radical (unpaired) electrons. The van der Waals surface area contributed by atoms with E-state index in [2.05, 4.69) is 0 Å². The SMILES string of the molecule is Nc1cc(N)c2cc(C=O)sc2c1. The molecule has 2 rings (SSSR count). The van der Waals surface area contributed by atoms with Crippen LogP contribution in [0.5, 0.6) is 0 Å². The van der Waals surface area contributed by atoms with Crippen LogP contribution in [0.4, 0.5) is 11.4 Å². The summed E-state index contributed by atoms with van der Waals surface area (Å²) in [6, 6.07) is 5.30. The summed E-state index contributed by atoms with van der Waals surface area (Å²) in [5.41, 5.74) is 12.6. The first-order valence-corrected chi connectivity index (χ1v) is 4.56. The lowest BCUT2D eigenvalue weighted by atomic mass is 10.2. The Morgan fingerprint density at radius 1 is 1.23 bits per heavy atom. The molecular weight excluding hydrogens is 184 g/mol. The van der Waals surface area contributed by atoms with E-state index in [1.165, 1.54) is 11.3 Å². The molecule has 4 N–H and O–H groups in total. The fraction of sp³-hybridized carbons (Fsp3) is 0. The Balaban J connectivity index is 2.82. The highest BCUT2D eigenvalue weighted by atomic mass is 32.1. The van der Waals surface area contributed by atoms with Crippen molar-refractivity contribution in [3.05, 3.63) is 23.1 Å². The molecule has 66 valence electrons. The number of hydrogen-bond donors (Lipinski definition) is 2. The smallest absolute Gasteiger partial charge is 0.160 e. The zero-order chi connectivity index (χ0) is 9.42. The van der Waals surface area contributed by atoms with Gasteiger partial charge < -0.3 is 11.5 Å². The van der Waals surface area contributed by atoms with Gasteiger partial charge in [0.25, 0.3) is 0 Å². The first-order valence-electron chi connectivity index (χ1n) is 3.74. The molecule has 0 unspecified atom stereocenters. The predicted molar refractivity (Wildman–Crippen MR) is 56.0 cm³/mol. The van der Waals surface area contributed by atoms with Crippen LogP contribution in [-0.2, 0) is 0 Å². The van der Waals surface area contributed by atoms with Crippen molar-refractivity contribution in [1.29, 1.82) is 0 Å². The van der Waals surface area contributed by atoms with Crippen molar-refractivity contribution in [3.63, 3.8) is 0 Å². The second kappa shape index (κ2) is 2.74. The fourth-order valence-corrected chi connectivity index (χ4v) is 2.23. The minimum absolute atomic E-state index is 0.624. The molecule has 0 saturated heterocycles. The van der Waals surface area contributed by atoms with Crippen LogP contribution in [0, 0.1) is 0 Å². The predicted octanol–water partition coefficient (Wildman–Crippen LogP) is 1.88. The van der Waals surface area contributed by atoms with Crippen molar-refractivity contribution in [2.24, 2.45) is 0 Å². The standard InChI is InChI=1S/C9H8N2OS/c10-5-1-8(11)7-3-6(4-12)13-9(7)2-5/h1-4H,10-11H2. The lowest BCUT2D eigenvalue weighted by molar-refractivity contribution is 0.112. The van der Waals surface area contributed by atoms with E-state index in [0.29, 0.717) is 16.3 Å². The molecule has 4 heteroatoms. The first-order chi connectivity index (χ1) is 6.20. The van der Waals surface area contributed by atoms with Gasteiger partial charge in [0.1, 0.15) is 0 Å². The Morgan fingerprint density at radius 3 is 2.69 bits per heavy atom. The zero-order valence-corrected chi connectivity index (χ0v) is 7.60. The quantitative estimate of drug-likeness (QED) is 0.535. The molecule has 0 amide bonds. The van der Waals surface area contributed by atoms with Crippen molar-refractivity contribution < 1.29 is 4.79 Å². The van der Waals surface area contributed by atoms with E-state index in [0.717, 1.165) is 16.4 Å². The van der Waals surface area contributed by atoms with Gasteiger partial charge in [-0.25, -0.2) is 0 Å². The van der Waals surface area contributed by atoms with Gasteiger partial charge in [0.05, 0.1) is 4.88 Å². The maximum absolute atomic E-state index is 10.5. The Labute approximate surface area is 79.0 Å². The molecule has 3 nitrogen and oxygen atoms in total. The van der Waals surface area contributed by atoms with Gasteiger partial charge in [-0.05, 0) is 18.2 Å². The molecule has 0 aliphatic carbocycles. The molecule has 0 bridgehead atoms. The van der Waals surface area contributed by atoms with Gasteiger partial charge in [0.2, 0.25) is 0 Å². The normalized spacial score (nSPS) is 10.5. The molecule has 2 aromatic rings. The van der Waals surface area contributed by atoms with Crippen LogP contribution in [0.25, 0.3) is 10.1 Å². The van der Waals surface area contributed by atoms with E-state index in [9.17, 15) is 4.79 Å². The van der Waals surface area contributed by atoms with E-state index in [1.807, 2.05) is 6.07 Å². The third-order valence-electron chi connectivity index (χ3n) is 1.83. The summed E-state index contributed by atoms with van der Waals surface area (Å²) in [4.78, 5) is 11.2. The minimum atomic E-state index is 0.624. The number of carbonyl (C=O) groups excluding carboxylic acids is 1. The number of aldehydes is 1. The number of fused-ring (bicyclic) bond motifs is 1. The molecule has 13 heavy (non-hydrogen) atoms. The summed E-state index contributed by atoms with van der Waals surface area (Å²) < 4.78 is 0.958. The van der Waals surface area contributed by atoms with Gasteiger partial charge in [-0.3, -0.25) is 4.79 Å². The Bertz CT molecular complexity index is 476. The molecule has 0 aliphatic heterocycles. The topological polar surface area (TPSA) is 69.1 Å². The summed E-state index contributed by atoms with van der Waals surface area (Å²) >= 11 is 1.40. The van der Waals surface area contributed by atoms with E-state index in [4.69, 9.17) is 11.5 Å². The lowest BCUT2D eigenvalue weighted by Gasteiger charge is -1.97. The lowest BCUT2D eigenvalue weighted by Crippen LogP contribution is -1.89. The zero-order valence-electron chi connectivity index (χ0n) is 6.78. The Kier molecular flexibility index (Phi) is 1.70. The van der Waals surface area contributed by atoms with Crippen molar-refractivity contribution >= 4 is 39.1 Å². The second-order valence-corrected chi connectivity index (χ2v) is 3.90. The van der Waals surface area contributed by atoms with Crippen molar-refractivity contribution in [1.82, 2.24) is 0 Å². The van der Waals surface area contributed by atoms with Gasteiger partial charge >= 0.3 is 0 Å². The van der Waals surface area contributed by atoms with Gasteiger partial charge in [0.15, 0.2) is 6.29 Å². The summed E-state index contributed by atoms with van der Waals surface area (Å²) in [6.07, 6.45) is 0.820. The van der Waals surface area contributed by atoms with Crippen LogP contribution >= 0.6 is 11.3 Å². The van der Waals surface area contributed by atoms with Gasteiger partial charge in [-0.15, -0.1) is 11.3 Å². The number of rotatable bonds is 1. The molecule has 0 atom stereocenters. The Hall–Kier alpha value is -1.55. The molecule has 1 aromatic heterocycles. The highest BCUT2D eigenvalue weighted by Gasteiger charge is 2.04. The summed E-state index contributed by atoms with van der Waals surface area (Å²) in [5, 5.41) is 0.904. The Morgan fingerprint density at radius 2 is 2.00 bits per heavy atom. The van der Waals surface area contributed by atoms with Crippen LogP contribution in [0.2, 0.25) is 0 Å². The van der Waals surface area contributed by atoms with Crippen LogP contribution in [0.1, 0.15) is 9.67 Å². The number of carbonyl (C=O) groups is 1. The average Bonchev–Trinajstić information content (AvgIpc) is 2.47. The monoisotopic (exact) mass is 192 g/mol. The summed E-state index contributed by atoms with van der Waals surface area (Å²) in [6.45, 7) is 0. The second-order valence-electron chi connectivity index (χ2n) is 2.79. The number of anilines is 2. The largest absolute Gasteiger partial charge is 0.399 e. The van der Waals surface area contributed by atoms with Crippen molar-refractivity contribution in [3.8, 4) is 0 Å². The highest BCUT2D eigenvalue weighted by molar-refractivity contribution is 7.20. The molecular formula is C9H8N2OS. The minimum Gasteiger partial charge on any atom is -0.399 e. The van der Waals surface area contributed by atoms with Gasteiger partial charge in [-0.1, -0.05) is 0 Å². The van der Waals surface area contributed by atoms with Crippen LogP contribution in [0.3, 0.4) is 0 Å². The fourth-order valence-electron chi connectivity index (χ4n) is 1.27. The summed E-state index contributed by atoms with van der Waals surface area (Å²) in [7, 11) is 0. The number of nitrogens with two attached hydrogens (primary N) is 2. The van der Waals surface area contributed by atoms with Gasteiger partial charge in [0, 0.05) is 21.5 Å². The third kappa shape index (κ3) is 1.25. The molecule has 0 saturated carbocycles. The number of nitrogen functional groups attached to an aromatic ring is 2. The van der Waals surface area contributed by atoms with E-state index < -0.39 is 0 Å². The van der Waals surface area contributed by atoms with Crippen LogP contribution in [-0.4, -0.2) is 6.29 Å². The highest BCUT2D eigenvalue weighted by Crippen LogP contribution is 2.31. The van der Waals surface area contributed by atoms with E-state index >= 15 is 0 Å². The van der Waals surface area contributed by atoms with E-state index in [1.54, 1.807) is 12.1 Å². The van der Waals surface area contributed by atoms with Gasteiger partial charge in [-0.2, -0.15) is 0 Å². The molecule has 1 aromatic carbocycles. The van der Waals surface area contributed by atoms with Crippen LogP contribution in [0.15, 0.2) is 18.2 Å². The number of benzene rings is 1. The van der Waals surface area contributed by atoms with Crippen LogP contribution < -0.4 is 11.5 Å². The van der Waals surface area contributed by atoms with E-state index in [-0.39, 0.29) is 0 Å². The summed E-state index contributed by atoms with van der Waals surface area (Å²) in [5.74, 6) is 0. The maximum Gasteiger partial charge on any atom is 0.160 e. The molecule has 0 spiro atoms. The number of thiophene rings is 1. The maximum atomic E-state index is 10.5. The molecule has 0 aliphatic rings. The first kappa shape index (κ1) is 8.07. The average molecular weight is 192 g/mol. The third-order valence-corrected chi connectivity index (χ3v) is 2.83. The molecule has 0 fully saturated rings. The van der Waals surface area contributed by atoms with Crippen molar-refractivity contribution in [2.75, 3.05) is 11.5 Å². The molecule has 1 heterocycles.